The molecule has 0 atom stereocenters. The van der Waals surface area contributed by atoms with E-state index in [4.69, 9.17) is 4.42 Å². The highest BCUT2D eigenvalue weighted by Gasteiger charge is 2.18. The molecule has 1 aromatic carbocycles. The lowest BCUT2D eigenvalue weighted by Gasteiger charge is -2.02. The molecule has 1 amide bonds. The molecule has 0 bridgehead atoms. The number of rotatable bonds is 4. The predicted molar refractivity (Wildman–Crippen MR) is 113 cm³/mol. The predicted octanol–water partition coefficient (Wildman–Crippen LogP) is 1.60. The lowest BCUT2D eigenvalue weighted by Crippen LogP contribution is -2.36. The zero-order valence-electron chi connectivity index (χ0n) is 17.5. The third-order valence-corrected chi connectivity index (χ3v) is 5.55. The van der Waals surface area contributed by atoms with E-state index in [2.05, 4.69) is 15.3 Å². The largest absolute Gasteiger partial charge is 0.451 e. The van der Waals surface area contributed by atoms with Gasteiger partial charge < -0.3 is 14.7 Å². The van der Waals surface area contributed by atoms with Crippen molar-refractivity contribution in [1.82, 2.24) is 24.4 Å². The monoisotopic (exact) mass is 409 g/mol. The molecular weight excluding hydrogens is 386 g/mol. The second kappa shape index (κ2) is 7.01. The summed E-state index contributed by atoms with van der Waals surface area (Å²) in [5.41, 5.74) is 3.42. The fraction of sp³-hybridized carbons (Fsp3) is 0.333. The molecule has 3 aromatic heterocycles. The Morgan fingerprint density at radius 3 is 2.57 bits per heavy atom. The van der Waals surface area contributed by atoms with Crippen LogP contribution in [0.15, 0.2) is 26.1 Å². The van der Waals surface area contributed by atoms with E-state index in [0.717, 1.165) is 26.6 Å². The van der Waals surface area contributed by atoms with Crippen molar-refractivity contribution in [1.29, 1.82) is 0 Å². The van der Waals surface area contributed by atoms with Gasteiger partial charge in [0.1, 0.15) is 16.9 Å². The Kier molecular flexibility index (Phi) is 4.60. The molecule has 0 radical (unpaired) electrons. The van der Waals surface area contributed by atoms with E-state index in [-0.39, 0.29) is 17.2 Å². The van der Waals surface area contributed by atoms with Crippen LogP contribution in [0.1, 0.15) is 33.1 Å². The molecule has 0 aliphatic heterocycles. The maximum absolute atomic E-state index is 12.6. The van der Waals surface area contributed by atoms with Gasteiger partial charge in [-0.25, -0.2) is 9.78 Å². The summed E-state index contributed by atoms with van der Waals surface area (Å²) in [6.45, 7) is 6.19. The molecule has 0 spiro atoms. The quantitative estimate of drug-likeness (QED) is 0.531. The summed E-state index contributed by atoms with van der Waals surface area (Å²) >= 11 is 0. The molecule has 0 saturated carbocycles. The van der Waals surface area contributed by atoms with Crippen LogP contribution in [0, 0.1) is 20.8 Å². The second-order valence-electron chi connectivity index (χ2n) is 7.58. The van der Waals surface area contributed by atoms with Crippen LogP contribution in [0.4, 0.5) is 0 Å². The number of aromatic nitrogens is 4. The van der Waals surface area contributed by atoms with E-state index in [0.29, 0.717) is 30.0 Å². The van der Waals surface area contributed by atoms with E-state index in [1.54, 1.807) is 7.05 Å². The first-order valence-corrected chi connectivity index (χ1v) is 9.62. The van der Waals surface area contributed by atoms with Crippen LogP contribution in [0.5, 0.6) is 0 Å². The molecule has 0 unspecified atom stereocenters. The summed E-state index contributed by atoms with van der Waals surface area (Å²) in [6.07, 6.45) is 0.370. The molecule has 0 saturated heterocycles. The standard InChI is InChI=1S/C21H23N5O4/c1-10-8-13-12(3)17(30-14(13)9-11(10)2)19(27)22-7-6-15-23-16-18(24-15)25(4)21(29)26(5)20(16)28/h8-9H,6-7H2,1-5H3,(H,22,27)(H,23,24). The molecular formula is C21H23N5O4. The molecule has 156 valence electrons. The van der Waals surface area contributed by atoms with Gasteiger partial charge in [0, 0.05) is 38.0 Å². The lowest BCUT2D eigenvalue weighted by atomic mass is 10.1. The SMILES string of the molecule is Cc1cc2oc(C(=O)NCCc3nc4c([nH]3)c(=O)n(C)c(=O)n4C)c(C)c2cc1C. The Labute approximate surface area is 171 Å². The number of imidazole rings is 1. The van der Waals surface area contributed by atoms with Crippen LogP contribution < -0.4 is 16.6 Å². The molecule has 3 heterocycles. The van der Waals surface area contributed by atoms with E-state index in [9.17, 15) is 14.4 Å². The van der Waals surface area contributed by atoms with Gasteiger partial charge in [-0.2, -0.15) is 0 Å². The Morgan fingerprint density at radius 2 is 1.83 bits per heavy atom. The molecule has 30 heavy (non-hydrogen) atoms. The number of amides is 1. The number of nitrogens with zero attached hydrogens (tertiary/aromatic N) is 3. The van der Waals surface area contributed by atoms with Crippen LogP contribution in [-0.2, 0) is 20.5 Å². The molecule has 0 aliphatic rings. The number of hydrogen-bond acceptors (Lipinski definition) is 5. The maximum atomic E-state index is 12.6. The summed E-state index contributed by atoms with van der Waals surface area (Å²) in [5, 5.41) is 3.76. The van der Waals surface area contributed by atoms with E-state index < -0.39 is 11.2 Å². The molecule has 4 rings (SSSR count). The van der Waals surface area contributed by atoms with E-state index in [1.807, 2.05) is 32.9 Å². The number of carbonyl (C=O) groups excluding carboxylic acids is 1. The van der Waals surface area contributed by atoms with Crippen molar-refractivity contribution in [2.24, 2.45) is 14.1 Å². The van der Waals surface area contributed by atoms with Crippen molar-refractivity contribution in [3.63, 3.8) is 0 Å². The zero-order valence-corrected chi connectivity index (χ0v) is 17.5. The third-order valence-electron chi connectivity index (χ3n) is 5.55. The van der Waals surface area contributed by atoms with Crippen LogP contribution >= 0.6 is 0 Å². The van der Waals surface area contributed by atoms with Gasteiger partial charge in [0.2, 0.25) is 0 Å². The van der Waals surface area contributed by atoms with Crippen molar-refractivity contribution in [3.05, 3.63) is 61.2 Å². The lowest BCUT2D eigenvalue weighted by molar-refractivity contribution is 0.0927. The number of furan rings is 1. The van der Waals surface area contributed by atoms with Gasteiger partial charge in [-0.15, -0.1) is 0 Å². The summed E-state index contributed by atoms with van der Waals surface area (Å²) in [7, 11) is 2.98. The summed E-state index contributed by atoms with van der Waals surface area (Å²) in [5.74, 6) is 0.491. The maximum Gasteiger partial charge on any atom is 0.332 e. The molecule has 9 heteroatoms. The highest BCUT2D eigenvalue weighted by molar-refractivity contribution is 5.99. The summed E-state index contributed by atoms with van der Waals surface area (Å²) < 4.78 is 8.13. The Hall–Kier alpha value is -3.62. The van der Waals surface area contributed by atoms with Gasteiger partial charge in [-0.3, -0.25) is 18.7 Å². The fourth-order valence-electron chi connectivity index (χ4n) is 3.56. The minimum Gasteiger partial charge on any atom is -0.451 e. The van der Waals surface area contributed by atoms with Crippen LogP contribution in [0.2, 0.25) is 0 Å². The number of carbonyl (C=O) groups is 1. The number of aromatic amines is 1. The summed E-state index contributed by atoms with van der Waals surface area (Å²) in [4.78, 5) is 44.2. The van der Waals surface area contributed by atoms with Crippen molar-refractivity contribution < 1.29 is 9.21 Å². The average Bonchev–Trinajstić information content (AvgIpc) is 3.27. The number of nitrogens with one attached hydrogen (secondary N) is 2. The number of aryl methyl sites for hydroxylation is 4. The van der Waals surface area contributed by atoms with Crippen LogP contribution in [0.25, 0.3) is 22.1 Å². The minimum absolute atomic E-state index is 0.264. The van der Waals surface area contributed by atoms with Gasteiger partial charge in [-0.05, 0) is 44.0 Å². The Morgan fingerprint density at radius 1 is 1.13 bits per heavy atom. The van der Waals surface area contributed by atoms with Crippen LogP contribution in [0.3, 0.4) is 0 Å². The van der Waals surface area contributed by atoms with E-state index in [1.165, 1.54) is 11.6 Å². The number of H-pyrrole nitrogens is 1. The number of hydrogen-bond donors (Lipinski definition) is 2. The average molecular weight is 409 g/mol. The third kappa shape index (κ3) is 3.02. The molecule has 9 nitrogen and oxygen atoms in total. The van der Waals surface area contributed by atoms with Gasteiger partial charge >= 0.3 is 5.69 Å². The Bertz CT molecular complexity index is 1430. The first kappa shape index (κ1) is 19.7. The molecule has 2 N–H and O–H groups in total. The van der Waals surface area contributed by atoms with E-state index >= 15 is 0 Å². The first-order chi connectivity index (χ1) is 14.2. The Balaban J connectivity index is 1.53. The fourth-order valence-corrected chi connectivity index (χ4v) is 3.56. The molecule has 4 aromatic rings. The van der Waals surface area contributed by atoms with Crippen LogP contribution in [-0.4, -0.2) is 31.6 Å². The number of fused-ring (bicyclic) bond motifs is 2. The van der Waals surface area contributed by atoms with Gasteiger partial charge in [0.05, 0.1) is 0 Å². The van der Waals surface area contributed by atoms with Crippen molar-refractivity contribution >= 4 is 28.0 Å². The highest BCUT2D eigenvalue weighted by Crippen LogP contribution is 2.27. The number of benzene rings is 1. The summed E-state index contributed by atoms with van der Waals surface area (Å²) in [6, 6.07) is 3.97. The van der Waals surface area contributed by atoms with Crippen molar-refractivity contribution in [3.8, 4) is 0 Å². The van der Waals surface area contributed by atoms with Gasteiger partial charge in [0.15, 0.2) is 11.4 Å². The van der Waals surface area contributed by atoms with Gasteiger partial charge in [-0.1, -0.05) is 0 Å². The second-order valence-corrected chi connectivity index (χ2v) is 7.58. The molecule has 0 aliphatic carbocycles. The highest BCUT2D eigenvalue weighted by atomic mass is 16.3. The zero-order chi connectivity index (χ0) is 21.7. The first-order valence-electron chi connectivity index (χ1n) is 9.62. The topological polar surface area (TPSA) is 115 Å². The van der Waals surface area contributed by atoms with Crippen molar-refractivity contribution in [2.75, 3.05) is 6.54 Å². The molecule has 0 fully saturated rings. The smallest absolute Gasteiger partial charge is 0.332 e. The normalized spacial score (nSPS) is 11.5. The minimum atomic E-state index is -0.440. The van der Waals surface area contributed by atoms with Crippen molar-refractivity contribution in [2.45, 2.75) is 27.2 Å². The van der Waals surface area contributed by atoms with Gasteiger partial charge in [0.25, 0.3) is 11.5 Å².